The highest BCUT2D eigenvalue weighted by Gasteiger charge is 2.33. The van der Waals surface area contributed by atoms with Gasteiger partial charge in [0.15, 0.2) is 17.5 Å². The lowest BCUT2D eigenvalue weighted by Gasteiger charge is -2.17. The summed E-state index contributed by atoms with van der Waals surface area (Å²) in [6.07, 6.45) is -6.07. The molecule has 0 aliphatic carbocycles. The molecule has 0 fully saturated rings. The number of halogens is 6. The molecule has 11 rings (SSSR count). The number of fused-ring (bicyclic) bond motifs is 6. The summed E-state index contributed by atoms with van der Waals surface area (Å²) in [5.74, 6) is 1.21. The van der Waals surface area contributed by atoms with Crippen LogP contribution in [0.2, 0.25) is 0 Å². The normalized spacial score (nSPS) is 12.2. The molecule has 4 aromatic heterocycles. The summed E-state index contributed by atoms with van der Waals surface area (Å²) < 4.78 is 92.9. The smallest absolute Gasteiger partial charge is 0.416 e. The quantitative estimate of drug-likeness (QED) is 0.156. The Kier molecular flexibility index (Phi) is 8.95. The van der Waals surface area contributed by atoms with Crippen molar-refractivity contribution in [2.24, 2.45) is 0 Å². The van der Waals surface area contributed by atoms with Crippen LogP contribution in [0.15, 0.2) is 181 Å². The van der Waals surface area contributed by atoms with Gasteiger partial charge in [0.25, 0.3) is 0 Å². The van der Waals surface area contributed by atoms with Crippen LogP contribution in [-0.4, -0.2) is 24.5 Å². The van der Waals surface area contributed by atoms with Crippen molar-refractivity contribution in [1.29, 1.82) is 0 Å². The maximum atomic E-state index is 14.2. The molecule has 0 aliphatic heterocycles. The van der Waals surface area contributed by atoms with Crippen LogP contribution >= 0.6 is 0 Å². The number of para-hydroxylation sites is 1. The summed E-state index contributed by atoms with van der Waals surface area (Å²) in [4.78, 5) is 19.4. The number of hydrogen-bond donors (Lipinski definition) is 0. The van der Waals surface area contributed by atoms with Crippen LogP contribution in [0.5, 0.6) is 0 Å². The van der Waals surface area contributed by atoms with Gasteiger partial charge >= 0.3 is 12.4 Å². The average molecular weight is 854 g/mol. The largest absolute Gasteiger partial charge is 0.456 e. The van der Waals surface area contributed by atoms with Gasteiger partial charge in [0, 0.05) is 67.3 Å². The van der Waals surface area contributed by atoms with Gasteiger partial charge in [-0.2, -0.15) is 26.3 Å². The zero-order chi connectivity index (χ0) is 43.7. The van der Waals surface area contributed by atoms with Crippen LogP contribution in [0.3, 0.4) is 0 Å². The minimum Gasteiger partial charge on any atom is -0.456 e. The third kappa shape index (κ3) is 6.80. The van der Waals surface area contributed by atoms with Crippen molar-refractivity contribution in [2.75, 3.05) is 0 Å². The predicted octanol–water partition coefficient (Wildman–Crippen LogP) is 14.6. The van der Waals surface area contributed by atoms with Crippen LogP contribution in [0, 0.1) is 0 Å². The van der Waals surface area contributed by atoms with Gasteiger partial charge in [0.05, 0.1) is 27.8 Å². The molecule has 0 amide bonds. The van der Waals surface area contributed by atoms with Crippen LogP contribution in [0.1, 0.15) is 11.1 Å². The van der Waals surface area contributed by atoms with E-state index in [1.54, 1.807) is 29.1 Å². The fraction of sp³-hybridized carbons (Fsp3) is 0.0385. The lowest BCUT2D eigenvalue weighted by Crippen LogP contribution is -2.04. The second-order valence-electron chi connectivity index (χ2n) is 15.3. The minimum absolute atomic E-state index is 0.0101. The highest BCUT2D eigenvalue weighted by Crippen LogP contribution is 2.43. The molecule has 0 spiro atoms. The van der Waals surface area contributed by atoms with E-state index in [2.05, 4.69) is 4.98 Å². The van der Waals surface area contributed by atoms with Gasteiger partial charge < -0.3 is 8.98 Å². The first-order valence-electron chi connectivity index (χ1n) is 20.1. The molecule has 4 heterocycles. The molecule has 0 atom stereocenters. The number of alkyl halides is 6. The van der Waals surface area contributed by atoms with Crippen molar-refractivity contribution in [1.82, 2.24) is 24.5 Å². The van der Waals surface area contributed by atoms with Gasteiger partial charge in [-0.3, -0.25) is 4.98 Å². The number of nitrogens with zero attached hydrogens (tertiary/aromatic N) is 5. The van der Waals surface area contributed by atoms with Gasteiger partial charge in [0.1, 0.15) is 11.2 Å². The Morgan fingerprint density at radius 3 is 1.53 bits per heavy atom. The predicted molar refractivity (Wildman–Crippen MR) is 236 cm³/mol. The number of aromatic nitrogens is 5. The molecule has 64 heavy (non-hydrogen) atoms. The molecule has 0 aliphatic rings. The van der Waals surface area contributed by atoms with E-state index in [1.807, 2.05) is 115 Å². The third-order valence-corrected chi connectivity index (χ3v) is 11.4. The van der Waals surface area contributed by atoms with Crippen molar-refractivity contribution in [3.05, 3.63) is 187 Å². The summed E-state index contributed by atoms with van der Waals surface area (Å²) in [5, 5.41) is 1.89. The first kappa shape index (κ1) is 38.8. The summed E-state index contributed by atoms with van der Waals surface area (Å²) in [7, 11) is 0. The first-order chi connectivity index (χ1) is 31.0. The Morgan fingerprint density at radius 2 is 0.922 bits per heavy atom. The topological polar surface area (TPSA) is 69.6 Å². The van der Waals surface area contributed by atoms with Crippen molar-refractivity contribution in [2.45, 2.75) is 12.4 Å². The summed E-state index contributed by atoms with van der Waals surface area (Å²) in [6, 6.07) is 46.3. The average Bonchev–Trinajstić information content (AvgIpc) is 3.86. The van der Waals surface area contributed by atoms with E-state index in [-0.39, 0.29) is 21.8 Å². The van der Waals surface area contributed by atoms with E-state index < -0.39 is 23.5 Å². The monoisotopic (exact) mass is 853 g/mol. The molecule has 12 heteroatoms. The zero-order valence-electron chi connectivity index (χ0n) is 33.2. The number of benzene rings is 7. The number of furan rings is 1. The van der Waals surface area contributed by atoms with E-state index >= 15 is 0 Å². The van der Waals surface area contributed by atoms with Gasteiger partial charge in [-0.15, -0.1) is 0 Å². The van der Waals surface area contributed by atoms with Crippen molar-refractivity contribution in [3.8, 4) is 62.1 Å². The SMILES string of the molecule is FC(F)(F)c1ccc2c(c1)c1cc(C(F)(F)F)ccc1n2-c1ccc(-c2nc(-c3ccccc3)nc(-c3ccccc3)n2)cc1-c1cncc(-c2ccc3oc4ccccc4c3c2)c1. The molecule has 0 saturated heterocycles. The fourth-order valence-corrected chi connectivity index (χ4v) is 8.33. The molecule has 11 aromatic rings. The maximum Gasteiger partial charge on any atom is 0.416 e. The summed E-state index contributed by atoms with van der Waals surface area (Å²) in [5.41, 5.74) is 5.41. The summed E-state index contributed by atoms with van der Waals surface area (Å²) >= 11 is 0. The maximum absolute atomic E-state index is 14.2. The van der Waals surface area contributed by atoms with Crippen LogP contribution in [0.25, 0.3) is 106 Å². The minimum atomic E-state index is -4.74. The van der Waals surface area contributed by atoms with Gasteiger partial charge in [0.2, 0.25) is 0 Å². The Hall–Kier alpha value is -8.12. The van der Waals surface area contributed by atoms with E-state index in [1.165, 1.54) is 12.1 Å². The Balaban J connectivity index is 1.17. The molecule has 7 aromatic carbocycles. The highest BCUT2D eigenvalue weighted by atomic mass is 19.4. The van der Waals surface area contributed by atoms with Crippen LogP contribution in [-0.2, 0) is 12.4 Å². The van der Waals surface area contributed by atoms with Crippen molar-refractivity contribution in [3.63, 3.8) is 0 Å². The number of pyridine rings is 1. The molecule has 0 radical (unpaired) electrons. The van der Waals surface area contributed by atoms with Gasteiger partial charge in [-0.1, -0.05) is 84.9 Å². The second-order valence-corrected chi connectivity index (χ2v) is 15.3. The molecular weight excluding hydrogens is 825 g/mol. The van der Waals surface area contributed by atoms with Crippen LogP contribution in [0.4, 0.5) is 26.3 Å². The molecule has 0 unspecified atom stereocenters. The van der Waals surface area contributed by atoms with Crippen LogP contribution < -0.4 is 0 Å². The highest BCUT2D eigenvalue weighted by molar-refractivity contribution is 6.10. The van der Waals surface area contributed by atoms with E-state index in [9.17, 15) is 26.3 Å². The molecule has 0 N–H and O–H groups in total. The Morgan fingerprint density at radius 1 is 0.391 bits per heavy atom. The van der Waals surface area contributed by atoms with Gasteiger partial charge in [-0.05, 0) is 84.4 Å². The fourth-order valence-electron chi connectivity index (χ4n) is 8.33. The van der Waals surface area contributed by atoms with E-state index in [0.29, 0.717) is 39.9 Å². The Bertz CT molecular complexity index is 3470. The standard InChI is InChI=1S/C52H29F6N5O/c53-51(54,55)36-17-20-44-40(26-36)41-27-37(52(56,57)58)18-21-45(41)63(44)43-19-15-33(50-61-48(30-9-3-1-4-10-30)60-49(62-50)31-11-5-2-6-12-31)25-39(43)35-23-34(28-59-29-35)32-16-22-47-42(24-32)38-13-7-8-14-46(38)64-47/h1-29H. The Labute approximate surface area is 359 Å². The zero-order valence-corrected chi connectivity index (χ0v) is 33.2. The third-order valence-electron chi connectivity index (χ3n) is 11.4. The molecule has 6 nitrogen and oxygen atoms in total. The number of hydrogen-bond acceptors (Lipinski definition) is 5. The van der Waals surface area contributed by atoms with Crippen molar-refractivity contribution >= 4 is 43.7 Å². The molecule has 310 valence electrons. The first-order valence-corrected chi connectivity index (χ1v) is 20.1. The second kappa shape index (κ2) is 14.8. The molecule has 0 bridgehead atoms. The lowest BCUT2D eigenvalue weighted by molar-refractivity contribution is -0.138. The molecular formula is C52H29F6N5O. The van der Waals surface area contributed by atoms with Crippen molar-refractivity contribution < 1.29 is 30.8 Å². The van der Waals surface area contributed by atoms with E-state index in [0.717, 1.165) is 68.5 Å². The van der Waals surface area contributed by atoms with E-state index in [4.69, 9.17) is 19.4 Å². The lowest BCUT2D eigenvalue weighted by atomic mass is 9.97. The number of rotatable bonds is 6. The summed E-state index contributed by atoms with van der Waals surface area (Å²) in [6.45, 7) is 0. The molecule has 0 saturated carbocycles. The van der Waals surface area contributed by atoms with Gasteiger partial charge in [-0.25, -0.2) is 15.0 Å².